The number of nitrogens with zero attached hydrogens (tertiary/aromatic N) is 3. The standard InChI is InChI=1S/C12H11ClN4O2/c1-19-12-8(3-2-4-14-12)5-15-11-9(6-18)10(13)16-7-17-11/h2-4,6-7H,5H2,1H3,(H,15,16,17). The Morgan fingerprint density at radius 2 is 2.26 bits per heavy atom. The number of aldehydes is 1. The molecule has 0 fully saturated rings. The van der Waals surface area contributed by atoms with Crippen LogP contribution in [0.15, 0.2) is 24.7 Å². The van der Waals surface area contributed by atoms with Gasteiger partial charge in [0, 0.05) is 18.3 Å². The molecule has 0 bridgehead atoms. The number of nitrogens with one attached hydrogen (secondary N) is 1. The monoisotopic (exact) mass is 278 g/mol. The van der Waals surface area contributed by atoms with Crippen LogP contribution in [-0.2, 0) is 6.54 Å². The van der Waals surface area contributed by atoms with Gasteiger partial charge in [0.05, 0.1) is 12.7 Å². The first-order valence-electron chi connectivity index (χ1n) is 5.43. The van der Waals surface area contributed by atoms with Crippen LogP contribution in [0, 0.1) is 0 Å². The van der Waals surface area contributed by atoms with Crippen LogP contribution in [0.3, 0.4) is 0 Å². The van der Waals surface area contributed by atoms with Crippen molar-refractivity contribution in [2.45, 2.75) is 6.54 Å². The van der Waals surface area contributed by atoms with Crippen molar-refractivity contribution in [3.8, 4) is 5.88 Å². The highest BCUT2D eigenvalue weighted by molar-refractivity contribution is 6.32. The van der Waals surface area contributed by atoms with Crippen molar-refractivity contribution in [2.75, 3.05) is 12.4 Å². The maximum atomic E-state index is 10.9. The smallest absolute Gasteiger partial charge is 0.218 e. The van der Waals surface area contributed by atoms with E-state index in [-0.39, 0.29) is 10.7 Å². The van der Waals surface area contributed by atoms with Crippen LogP contribution in [0.25, 0.3) is 0 Å². The molecule has 0 spiro atoms. The Balaban J connectivity index is 2.19. The second kappa shape index (κ2) is 6.10. The Bertz CT molecular complexity index is 592. The van der Waals surface area contributed by atoms with E-state index in [4.69, 9.17) is 16.3 Å². The highest BCUT2D eigenvalue weighted by Gasteiger charge is 2.10. The second-order valence-corrected chi connectivity index (χ2v) is 3.93. The number of anilines is 1. The van der Waals surface area contributed by atoms with Crippen molar-refractivity contribution in [1.29, 1.82) is 0 Å². The first-order chi connectivity index (χ1) is 9.26. The van der Waals surface area contributed by atoms with Gasteiger partial charge in [-0.3, -0.25) is 4.79 Å². The molecular formula is C12H11ClN4O2. The number of carbonyl (C=O) groups excluding carboxylic acids is 1. The van der Waals surface area contributed by atoms with Gasteiger partial charge in [-0.25, -0.2) is 15.0 Å². The number of aromatic nitrogens is 3. The number of methoxy groups -OCH3 is 1. The summed E-state index contributed by atoms with van der Waals surface area (Å²) < 4.78 is 5.13. The summed E-state index contributed by atoms with van der Waals surface area (Å²) in [6.07, 6.45) is 3.55. The summed E-state index contributed by atoms with van der Waals surface area (Å²) in [6, 6.07) is 3.66. The van der Waals surface area contributed by atoms with E-state index in [1.165, 1.54) is 6.33 Å². The Labute approximate surface area is 114 Å². The number of pyridine rings is 1. The van der Waals surface area contributed by atoms with Crippen molar-refractivity contribution in [3.63, 3.8) is 0 Å². The predicted octanol–water partition coefficient (Wildman–Crippen LogP) is 1.96. The Kier molecular flexibility index (Phi) is 4.25. The average molecular weight is 279 g/mol. The number of ether oxygens (including phenoxy) is 1. The highest BCUT2D eigenvalue weighted by atomic mass is 35.5. The topological polar surface area (TPSA) is 77.0 Å². The van der Waals surface area contributed by atoms with Gasteiger partial charge in [-0.1, -0.05) is 17.7 Å². The molecule has 19 heavy (non-hydrogen) atoms. The molecular weight excluding hydrogens is 268 g/mol. The fourth-order valence-corrected chi connectivity index (χ4v) is 1.72. The second-order valence-electron chi connectivity index (χ2n) is 3.57. The lowest BCUT2D eigenvalue weighted by Gasteiger charge is -2.10. The Morgan fingerprint density at radius 3 is 3.00 bits per heavy atom. The highest BCUT2D eigenvalue weighted by Crippen LogP contribution is 2.20. The van der Waals surface area contributed by atoms with Crippen molar-refractivity contribution in [3.05, 3.63) is 40.9 Å². The number of carbonyl (C=O) groups is 1. The SMILES string of the molecule is COc1ncccc1CNc1ncnc(Cl)c1C=O. The third kappa shape index (κ3) is 2.97. The van der Waals surface area contributed by atoms with Gasteiger partial charge in [0.1, 0.15) is 17.3 Å². The predicted molar refractivity (Wildman–Crippen MR) is 70.5 cm³/mol. The molecule has 0 saturated heterocycles. The summed E-state index contributed by atoms with van der Waals surface area (Å²) in [5.74, 6) is 0.892. The summed E-state index contributed by atoms with van der Waals surface area (Å²) in [7, 11) is 1.55. The molecule has 2 aromatic rings. The molecule has 1 N–H and O–H groups in total. The van der Waals surface area contributed by atoms with E-state index >= 15 is 0 Å². The molecule has 7 heteroatoms. The van der Waals surface area contributed by atoms with E-state index in [0.29, 0.717) is 24.5 Å². The van der Waals surface area contributed by atoms with E-state index in [9.17, 15) is 4.79 Å². The molecule has 0 aromatic carbocycles. The maximum absolute atomic E-state index is 10.9. The zero-order chi connectivity index (χ0) is 13.7. The molecule has 0 aliphatic carbocycles. The summed E-state index contributed by atoms with van der Waals surface area (Å²) >= 11 is 5.81. The summed E-state index contributed by atoms with van der Waals surface area (Å²) in [5, 5.41) is 3.13. The molecule has 0 unspecified atom stereocenters. The van der Waals surface area contributed by atoms with Crippen molar-refractivity contribution >= 4 is 23.7 Å². The van der Waals surface area contributed by atoms with Gasteiger partial charge in [0.25, 0.3) is 0 Å². The van der Waals surface area contributed by atoms with Gasteiger partial charge in [-0.2, -0.15) is 0 Å². The van der Waals surface area contributed by atoms with E-state index in [1.807, 2.05) is 6.07 Å². The molecule has 98 valence electrons. The Hall–Kier alpha value is -2.21. The lowest BCUT2D eigenvalue weighted by atomic mass is 10.2. The molecule has 2 rings (SSSR count). The molecule has 0 amide bonds. The fourth-order valence-electron chi connectivity index (χ4n) is 1.54. The van der Waals surface area contributed by atoms with E-state index in [1.54, 1.807) is 19.4 Å². The lowest BCUT2D eigenvalue weighted by molar-refractivity contribution is 0.112. The van der Waals surface area contributed by atoms with Crippen molar-refractivity contribution < 1.29 is 9.53 Å². The van der Waals surface area contributed by atoms with Crippen molar-refractivity contribution in [2.24, 2.45) is 0 Å². The normalized spacial score (nSPS) is 10.0. The van der Waals surface area contributed by atoms with Crippen LogP contribution in [0.1, 0.15) is 15.9 Å². The fraction of sp³-hybridized carbons (Fsp3) is 0.167. The minimum Gasteiger partial charge on any atom is -0.481 e. The quantitative estimate of drug-likeness (QED) is 0.665. The number of hydrogen-bond acceptors (Lipinski definition) is 6. The van der Waals surface area contributed by atoms with Gasteiger partial charge in [-0.05, 0) is 6.07 Å². The molecule has 0 radical (unpaired) electrons. The first-order valence-corrected chi connectivity index (χ1v) is 5.81. The lowest BCUT2D eigenvalue weighted by Crippen LogP contribution is -2.07. The van der Waals surface area contributed by atoms with Crippen LogP contribution in [-0.4, -0.2) is 28.3 Å². The van der Waals surface area contributed by atoms with Gasteiger partial charge >= 0.3 is 0 Å². The molecule has 0 aliphatic heterocycles. The molecule has 0 aliphatic rings. The number of hydrogen-bond donors (Lipinski definition) is 1. The van der Waals surface area contributed by atoms with Crippen molar-refractivity contribution in [1.82, 2.24) is 15.0 Å². The molecule has 2 aromatic heterocycles. The molecule has 6 nitrogen and oxygen atoms in total. The van der Waals surface area contributed by atoms with Gasteiger partial charge < -0.3 is 10.1 Å². The minimum atomic E-state index is 0.116. The summed E-state index contributed by atoms with van der Waals surface area (Å²) in [5.41, 5.74) is 1.07. The maximum Gasteiger partial charge on any atom is 0.218 e. The summed E-state index contributed by atoms with van der Waals surface area (Å²) in [4.78, 5) is 22.7. The molecule has 2 heterocycles. The zero-order valence-electron chi connectivity index (χ0n) is 10.1. The third-order valence-electron chi connectivity index (χ3n) is 2.44. The van der Waals surface area contributed by atoms with Crippen LogP contribution in [0.5, 0.6) is 5.88 Å². The molecule has 0 saturated carbocycles. The third-order valence-corrected chi connectivity index (χ3v) is 2.74. The van der Waals surface area contributed by atoms with Gasteiger partial charge in [0.15, 0.2) is 6.29 Å². The Morgan fingerprint density at radius 1 is 1.42 bits per heavy atom. The van der Waals surface area contributed by atoms with E-state index in [2.05, 4.69) is 20.3 Å². The van der Waals surface area contributed by atoms with Crippen LogP contribution in [0.4, 0.5) is 5.82 Å². The minimum absolute atomic E-state index is 0.116. The molecule has 0 atom stereocenters. The number of rotatable bonds is 5. The first kappa shape index (κ1) is 13.2. The van der Waals surface area contributed by atoms with Crippen LogP contribution < -0.4 is 10.1 Å². The van der Waals surface area contributed by atoms with E-state index in [0.717, 1.165) is 5.56 Å². The zero-order valence-corrected chi connectivity index (χ0v) is 10.9. The summed E-state index contributed by atoms with van der Waals surface area (Å²) in [6.45, 7) is 0.408. The van der Waals surface area contributed by atoms with Gasteiger partial charge in [0.2, 0.25) is 5.88 Å². The van der Waals surface area contributed by atoms with Gasteiger partial charge in [-0.15, -0.1) is 0 Å². The largest absolute Gasteiger partial charge is 0.481 e. The average Bonchev–Trinajstić information content (AvgIpc) is 2.45. The van der Waals surface area contributed by atoms with Crippen LogP contribution >= 0.6 is 11.6 Å². The van der Waals surface area contributed by atoms with Crippen LogP contribution in [0.2, 0.25) is 5.15 Å². The van der Waals surface area contributed by atoms with E-state index < -0.39 is 0 Å². The number of halogens is 1.